The van der Waals surface area contributed by atoms with Gasteiger partial charge in [0.05, 0.1) is 34.0 Å². The summed E-state index contributed by atoms with van der Waals surface area (Å²) in [4.78, 5) is 25.0. The van der Waals surface area contributed by atoms with Gasteiger partial charge in [0.15, 0.2) is 6.10 Å². The van der Waals surface area contributed by atoms with Crippen molar-refractivity contribution in [3.8, 4) is 0 Å². The molecule has 0 fully saturated rings. The molecule has 0 aromatic carbocycles. The Hall–Kier alpha value is -2.22. The number of nitrogens with zero attached hydrogens (tertiary/aromatic N) is 1. The number of carbonyl (C=O) groups is 1. The van der Waals surface area contributed by atoms with E-state index in [2.05, 4.69) is 74.6 Å². The fraction of sp³-hybridized carbons (Fsp3) is 0.729. The smallest absolute Gasteiger partial charge is 0.306 e. The van der Waals surface area contributed by atoms with Crippen molar-refractivity contribution in [3.05, 3.63) is 73.1 Å². The number of unbranched alkanes of at least 4 members (excludes halogenated alkanes) is 17. The summed E-state index contributed by atoms with van der Waals surface area (Å²) in [6.07, 6.45) is 52.9. The lowest BCUT2D eigenvalue weighted by atomic mass is 10.1. The van der Waals surface area contributed by atoms with Crippen LogP contribution < -0.4 is 4.89 Å². The summed E-state index contributed by atoms with van der Waals surface area (Å²) in [5.74, 6) is -0.390. The number of phosphoric ester groups is 1. The van der Waals surface area contributed by atoms with Gasteiger partial charge >= 0.3 is 5.97 Å². The fourth-order valence-electron chi connectivity index (χ4n) is 5.72. The summed E-state index contributed by atoms with van der Waals surface area (Å²) in [5.41, 5.74) is 0. The van der Waals surface area contributed by atoms with Crippen LogP contribution in [0.1, 0.15) is 174 Å². The van der Waals surface area contributed by atoms with Crippen LogP contribution in [0.5, 0.6) is 0 Å². The van der Waals surface area contributed by atoms with Crippen LogP contribution in [-0.2, 0) is 27.9 Å². The Morgan fingerprint density at radius 3 is 1.51 bits per heavy atom. The van der Waals surface area contributed by atoms with Crippen LogP contribution >= 0.6 is 7.82 Å². The molecule has 57 heavy (non-hydrogen) atoms. The highest BCUT2D eigenvalue weighted by molar-refractivity contribution is 7.45. The normalized spacial score (nSPS) is 14.4. The summed E-state index contributed by atoms with van der Waals surface area (Å²) >= 11 is 0. The predicted octanol–water partition coefficient (Wildman–Crippen LogP) is 13.2. The van der Waals surface area contributed by atoms with Gasteiger partial charge in [-0.25, -0.2) is 0 Å². The average molecular weight is 820 g/mol. The van der Waals surface area contributed by atoms with Crippen molar-refractivity contribution >= 4 is 13.8 Å². The minimum atomic E-state index is -4.56. The lowest BCUT2D eigenvalue weighted by Gasteiger charge is -2.28. The molecule has 0 radical (unpaired) electrons. The minimum absolute atomic E-state index is 0.000369. The zero-order valence-electron chi connectivity index (χ0n) is 37.3. The Labute approximate surface area is 351 Å². The molecule has 0 amide bonds. The third-order valence-electron chi connectivity index (χ3n) is 9.29. The zero-order valence-corrected chi connectivity index (χ0v) is 38.2. The van der Waals surface area contributed by atoms with Crippen molar-refractivity contribution < 1.29 is 37.3 Å². The molecule has 2 unspecified atom stereocenters. The second-order valence-electron chi connectivity index (χ2n) is 16.1. The van der Waals surface area contributed by atoms with E-state index >= 15 is 0 Å². The number of esters is 1. The number of hydrogen-bond donors (Lipinski definition) is 0. The number of phosphoric acid groups is 1. The van der Waals surface area contributed by atoms with Crippen LogP contribution in [0.2, 0.25) is 0 Å². The molecule has 0 heterocycles. The van der Waals surface area contributed by atoms with Gasteiger partial charge in [-0.3, -0.25) is 9.36 Å². The van der Waals surface area contributed by atoms with Gasteiger partial charge in [-0.05, 0) is 96.0 Å². The van der Waals surface area contributed by atoms with Gasteiger partial charge in [-0.1, -0.05) is 139 Å². The molecular weight excluding hydrogens is 734 g/mol. The Kier molecular flexibility index (Phi) is 39.0. The summed E-state index contributed by atoms with van der Waals surface area (Å²) in [6, 6.07) is 0. The first kappa shape index (κ1) is 54.8. The standard InChI is InChI=1S/C48H86NO7P/c1-6-8-10-12-14-16-18-20-22-24-25-26-27-29-31-33-35-37-39-41-48(50)56-47(46-55-57(51,52)54-44-42-49(3,4)5)45-53-43-40-38-36-34-32-30-28-23-21-19-17-15-13-11-9-7-2/h14,16-17,19-20,22,25-26,29,31,40,43,47H,6-13,15,18,21,23-24,27-28,30,32-39,41-42,44-46H2,1-5H3/b16-14-,19-17-,22-20-,26-25-,31-29-,43-40-. The molecule has 330 valence electrons. The molecule has 0 aromatic heterocycles. The van der Waals surface area contributed by atoms with E-state index in [9.17, 15) is 14.3 Å². The molecule has 0 aliphatic rings. The minimum Gasteiger partial charge on any atom is -0.756 e. The van der Waals surface area contributed by atoms with Gasteiger partial charge in [-0.15, -0.1) is 0 Å². The summed E-state index contributed by atoms with van der Waals surface area (Å²) < 4.78 is 34.3. The van der Waals surface area contributed by atoms with E-state index in [1.807, 2.05) is 27.2 Å². The SMILES string of the molecule is CCCCC/C=C\C/C=C\C/C=C\C/C=C\CCCCCC(=O)OC(CO/C=C\CCCCCCCC/C=C\CCCCCC)COP(=O)([O-])OCC[N+](C)(C)C. The highest BCUT2D eigenvalue weighted by Gasteiger charge is 2.20. The number of ether oxygens (including phenoxy) is 2. The molecule has 8 nitrogen and oxygen atoms in total. The van der Waals surface area contributed by atoms with E-state index < -0.39 is 13.9 Å². The van der Waals surface area contributed by atoms with Gasteiger partial charge in [0, 0.05) is 6.42 Å². The van der Waals surface area contributed by atoms with Gasteiger partial charge in [0.2, 0.25) is 0 Å². The molecule has 2 atom stereocenters. The maximum atomic E-state index is 12.7. The molecule has 0 N–H and O–H groups in total. The lowest BCUT2D eigenvalue weighted by molar-refractivity contribution is -0.870. The molecular formula is C48H86NO7P. The van der Waals surface area contributed by atoms with E-state index in [-0.39, 0.29) is 32.2 Å². The van der Waals surface area contributed by atoms with Crippen molar-refractivity contribution in [1.82, 2.24) is 0 Å². The van der Waals surface area contributed by atoms with E-state index in [1.165, 1.54) is 96.3 Å². The molecule has 0 rings (SSSR count). The summed E-state index contributed by atoms with van der Waals surface area (Å²) in [6.45, 7) is 4.64. The zero-order chi connectivity index (χ0) is 42.0. The van der Waals surface area contributed by atoms with Gasteiger partial charge in [0.25, 0.3) is 7.82 Å². The predicted molar refractivity (Wildman–Crippen MR) is 240 cm³/mol. The second kappa shape index (κ2) is 40.6. The number of quaternary nitrogens is 1. The maximum Gasteiger partial charge on any atom is 0.306 e. The van der Waals surface area contributed by atoms with Crippen molar-refractivity contribution in [2.45, 2.75) is 180 Å². The molecule has 0 saturated heterocycles. The lowest BCUT2D eigenvalue weighted by Crippen LogP contribution is -2.37. The Bertz CT molecular complexity index is 1140. The van der Waals surface area contributed by atoms with Crippen LogP contribution in [0.15, 0.2) is 73.1 Å². The van der Waals surface area contributed by atoms with Crippen LogP contribution in [-0.4, -0.2) is 64.1 Å². The number of carbonyl (C=O) groups excluding carboxylic acids is 1. The first-order valence-electron chi connectivity index (χ1n) is 22.7. The van der Waals surface area contributed by atoms with Crippen molar-refractivity contribution in [2.24, 2.45) is 0 Å². The molecule has 0 aromatic rings. The molecule has 0 spiro atoms. The largest absolute Gasteiger partial charge is 0.756 e. The molecule has 0 aliphatic carbocycles. The highest BCUT2D eigenvalue weighted by Crippen LogP contribution is 2.38. The van der Waals surface area contributed by atoms with Gasteiger partial charge in [-0.2, -0.15) is 0 Å². The third kappa shape index (κ3) is 44.7. The highest BCUT2D eigenvalue weighted by atomic mass is 31.2. The summed E-state index contributed by atoms with van der Waals surface area (Å²) in [5, 5.41) is 0. The molecule has 0 aliphatic heterocycles. The molecule has 0 bridgehead atoms. The van der Waals surface area contributed by atoms with Crippen LogP contribution in [0.25, 0.3) is 0 Å². The Morgan fingerprint density at radius 1 is 0.561 bits per heavy atom. The number of allylic oxidation sites excluding steroid dienone is 11. The van der Waals surface area contributed by atoms with E-state index in [0.717, 1.165) is 51.4 Å². The summed E-state index contributed by atoms with van der Waals surface area (Å²) in [7, 11) is 1.29. The number of rotatable bonds is 41. The number of likely N-dealkylation sites (N-methyl/N-ethyl adjacent to an activating group) is 1. The second-order valence-corrected chi connectivity index (χ2v) is 17.5. The topological polar surface area (TPSA) is 94.1 Å². The monoisotopic (exact) mass is 820 g/mol. The first-order valence-corrected chi connectivity index (χ1v) is 24.2. The van der Waals surface area contributed by atoms with E-state index in [4.69, 9.17) is 18.5 Å². The van der Waals surface area contributed by atoms with Crippen molar-refractivity contribution in [1.29, 1.82) is 0 Å². The van der Waals surface area contributed by atoms with Crippen molar-refractivity contribution in [3.63, 3.8) is 0 Å². The van der Waals surface area contributed by atoms with Gasteiger partial charge < -0.3 is 27.9 Å². The van der Waals surface area contributed by atoms with E-state index in [0.29, 0.717) is 17.4 Å². The van der Waals surface area contributed by atoms with Crippen molar-refractivity contribution in [2.75, 3.05) is 47.5 Å². The van der Waals surface area contributed by atoms with Crippen LogP contribution in [0.4, 0.5) is 0 Å². The average Bonchev–Trinajstić information content (AvgIpc) is 3.16. The fourth-order valence-corrected chi connectivity index (χ4v) is 6.45. The Morgan fingerprint density at radius 2 is 0.982 bits per heavy atom. The van der Waals surface area contributed by atoms with Gasteiger partial charge in [0.1, 0.15) is 19.8 Å². The first-order chi connectivity index (χ1) is 27.6. The molecule has 9 heteroatoms. The Balaban J connectivity index is 4.37. The van der Waals surface area contributed by atoms with Crippen LogP contribution in [0.3, 0.4) is 0 Å². The third-order valence-corrected chi connectivity index (χ3v) is 10.3. The maximum absolute atomic E-state index is 12.7. The quantitative estimate of drug-likeness (QED) is 0.0151. The molecule has 0 saturated carbocycles. The van der Waals surface area contributed by atoms with E-state index in [1.54, 1.807) is 6.26 Å². The van der Waals surface area contributed by atoms with Crippen LogP contribution in [0, 0.1) is 0 Å². The number of hydrogen-bond acceptors (Lipinski definition) is 7.